The van der Waals surface area contributed by atoms with E-state index < -0.39 is 19.1 Å². The highest BCUT2D eigenvalue weighted by atomic mass is 35.7. The number of alkyl halides is 3. The van der Waals surface area contributed by atoms with Crippen LogP contribution >= 0.6 is 22.2 Å². The molecule has 0 aliphatic rings. The third-order valence-electron chi connectivity index (χ3n) is 1.43. The summed E-state index contributed by atoms with van der Waals surface area (Å²) in [6.45, 7) is -1.19. The van der Waals surface area contributed by atoms with Gasteiger partial charge in [0.2, 0.25) is 0 Å². The van der Waals surface area contributed by atoms with E-state index in [4.69, 9.17) is 26.6 Å². The minimum atomic E-state index is -4.96. The van der Waals surface area contributed by atoms with Crippen molar-refractivity contribution >= 4 is 35.1 Å². The van der Waals surface area contributed by atoms with Crippen LogP contribution in [0.15, 0.2) is 0 Å². The van der Waals surface area contributed by atoms with Crippen LogP contribution in [0.1, 0.15) is 13.3 Å². The van der Waals surface area contributed by atoms with E-state index in [-0.39, 0.29) is 19.1 Å². The zero-order valence-electron chi connectivity index (χ0n) is 8.44. The number of rotatable bonds is 6. The molecular formula is C7H11Cl2F3O3Si. The lowest BCUT2D eigenvalue weighted by atomic mass is 10.5. The van der Waals surface area contributed by atoms with Gasteiger partial charge < -0.3 is 9.16 Å². The molecule has 0 bridgehead atoms. The Hall–Kier alpha value is 0.0169. The number of esters is 1. The SMILES string of the molecule is CCO[Si](Cl)(Cl)CCCOC(=O)C(F)(F)F. The zero-order chi connectivity index (χ0) is 12.8. The molecule has 0 aromatic heterocycles. The van der Waals surface area contributed by atoms with Crippen LogP contribution in [0.5, 0.6) is 0 Å². The van der Waals surface area contributed by atoms with E-state index in [9.17, 15) is 18.0 Å². The zero-order valence-corrected chi connectivity index (χ0v) is 11.0. The molecule has 3 nitrogen and oxygen atoms in total. The quantitative estimate of drug-likeness (QED) is 0.327. The van der Waals surface area contributed by atoms with Gasteiger partial charge in [-0.1, -0.05) is 0 Å². The second-order valence-electron chi connectivity index (χ2n) is 2.81. The molecule has 0 unspecified atom stereocenters. The van der Waals surface area contributed by atoms with E-state index in [2.05, 4.69) is 4.74 Å². The molecule has 0 aliphatic carbocycles. The lowest BCUT2D eigenvalue weighted by Gasteiger charge is -2.15. The van der Waals surface area contributed by atoms with E-state index in [1.54, 1.807) is 6.92 Å². The molecule has 0 fully saturated rings. The molecule has 16 heavy (non-hydrogen) atoms. The predicted octanol–water partition coefficient (Wildman–Crippen LogP) is 2.94. The second-order valence-corrected chi connectivity index (χ2v) is 9.11. The maximum absolute atomic E-state index is 11.7. The van der Waals surface area contributed by atoms with Gasteiger partial charge in [0.15, 0.2) is 0 Å². The fourth-order valence-corrected chi connectivity index (χ4v) is 3.39. The van der Waals surface area contributed by atoms with Crippen molar-refractivity contribution in [2.24, 2.45) is 0 Å². The maximum Gasteiger partial charge on any atom is 0.490 e. The van der Waals surface area contributed by atoms with Gasteiger partial charge in [-0.3, -0.25) is 0 Å². The molecule has 0 saturated carbocycles. The van der Waals surface area contributed by atoms with Gasteiger partial charge in [-0.2, -0.15) is 13.2 Å². The van der Waals surface area contributed by atoms with Crippen LogP contribution in [0, 0.1) is 0 Å². The molecule has 0 aromatic carbocycles. The summed E-state index contributed by atoms with van der Waals surface area (Å²) in [7, 11) is 0. The summed E-state index contributed by atoms with van der Waals surface area (Å²) in [5.74, 6) is -2.21. The first-order valence-electron chi connectivity index (χ1n) is 4.45. The summed E-state index contributed by atoms with van der Waals surface area (Å²) in [5.41, 5.74) is 0. The van der Waals surface area contributed by atoms with Crippen molar-refractivity contribution in [2.45, 2.75) is 25.6 Å². The third-order valence-corrected chi connectivity index (χ3v) is 4.87. The fourth-order valence-electron chi connectivity index (χ4n) is 0.808. The molecule has 9 heteroatoms. The van der Waals surface area contributed by atoms with Gasteiger partial charge in [-0.15, -0.1) is 22.2 Å². The lowest BCUT2D eigenvalue weighted by Crippen LogP contribution is -2.27. The third kappa shape index (κ3) is 7.32. The molecule has 0 radical (unpaired) electrons. The van der Waals surface area contributed by atoms with Crippen molar-refractivity contribution in [2.75, 3.05) is 13.2 Å². The Balaban J connectivity index is 3.73. The predicted molar refractivity (Wildman–Crippen MR) is 55.5 cm³/mol. The topological polar surface area (TPSA) is 35.5 Å². The normalized spacial score (nSPS) is 12.6. The largest absolute Gasteiger partial charge is 0.490 e. The summed E-state index contributed by atoms with van der Waals surface area (Å²) in [4.78, 5) is 10.3. The Labute approximate surface area is 101 Å². The van der Waals surface area contributed by atoms with Crippen molar-refractivity contribution in [1.29, 1.82) is 0 Å². The van der Waals surface area contributed by atoms with E-state index >= 15 is 0 Å². The molecule has 0 amide bonds. The van der Waals surface area contributed by atoms with E-state index in [0.717, 1.165) is 0 Å². The summed E-state index contributed by atoms with van der Waals surface area (Å²) >= 11 is 11.5. The number of ether oxygens (including phenoxy) is 1. The van der Waals surface area contributed by atoms with Crippen LogP contribution in [-0.4, -0.2) is 32.3 Å². The average molecular weight is 299 g/mol. The molecule has 0 aliphatic heterocycles. The fraction of sp³-hybridized carbons (Fsp3) is 0.857. The molecule has 0 spiro atoms. The van der Waals surface area contributed by atoms with E-state index in [0.29, 0.717) is 6.61 Å². The summed E-state index contributed by atoms with van der Waals surface area (Å²) in [6.07, 6.45) is -4.82. The van der Waals surface area contributed by atoms with Crippen molar-refractivity contribution in [3.8, 4) is 0 Å². The van der Waals surface area contributed by atoms with Gasteiger partial charge in [0, 0.05) is 6.61 Å². The molecule has 0 aromatic rings. The number of hydrogen-bond acceptors (Lipinski definition) is 3. The first-order valence-corrected chi connectivity index (χ1v) is 8.58. The molecular weight excluding hydrogens is 288 g/mol. The van der Waals surface area contributed by atoms with Gasteiger partial charge in [-0.05, 0) is 19.4 Å². The summed E-state index contributed by atoms with van der Waals surface area (Å²) in [6, 6.07) is 0.203. The van der Waals surface area contributed by atoms with Crippen molar-refractivity contribution in [1.82, 2.24) is 0 Å². The van der Waals surface area contributed by atoms with Gasteiger partial charge in [0.05, 0.1) is 6.61 Å². The Morgan fingerprint density at radius 3 is 2.38 bits per heavy atom. The average Bonchev–Trinajstić information content (AvgIpc) is 2.10. The Morgan fingerprint density at radius 1 is 1.38 bits per heavy atom. The molecule has 0 atom stereocenters. The number of carbonyl (C=O) groups excluding carboxylic acids is 1. The minimum Gasteiger partial charge on any atom is -0.459 e. The van der Waals surface area contributed by atoms with Crippen molar-refractivity contribution < 1.29 is 27.1 Å². The van der Waals surface area contributed by atoms with Gasteiger partial charge >= 0.3 is 19.1 Å². The van der Waals surface area contributed by atoms with Crippen LogP contribution in [0.2, 0.25) is 6.04 Å². The standard InChI is InChI=1S/C7H11Cl2F3O3Si/c1-2-15-16(8,9)5-3-4-14-6(13)7(10,11)12/h2-5H2,1H3. The van der Waals surface area contributed by atoms with Crippen molar-refractivity contribution in [3.05, 3.63) is 0 Å². The highest BCUT2D eigenvalue weighted by Gasteiger charge is 2.41. The number of carbonyl (C=O) groups is 1. The highest BCUT2D eigenvalue weighted by molar-refractivity contribution is 7.42. The molecule has 0 saturated heterocycles. The maximum atomic E-state index is 11.7. The Bertz CT molecular complexity index is 235. The first kappa shape index (κ1) is 16.0. The van der Waals surface area contributed by atoms with E-state index in [1.807, 2.05) is 0 Å². The van der Waals surface area contributed by atoms with Crippen LogP contribution in [0.3, 0.4) is 0 Å². The highest BCUT2D eigenvalue weighted by Crippen LogP contribution is 2.24. The number of halogens is 5. The van der Waals surface area contributed by atoms with Crippen LogP contribution < -0.4 is 0 Å². The van der Waals surface area contributed by atoms with Gasteiger partial charge in [0.1, 0.15) is 0 Å². The molecule has 0 N–H and O–H groups in total. The Kier molecular flexibility index (Phi) is 6.69. The monoisotopic (exact) mass is 298 g/mol. The first-order chi connectivity index (χ1) is 7.19. The van der Waals surface area contributed by atoms with Crippen molar-refractivity contribution in [3.63, 3.8) is 0 Å². The summed E-state index contributed by atoms with van der Waals surface area (Å²) < 4.78 is 44.0. The number of hydrogen-bond donors (Lipinski definition) is 0. The van der Waals surface area contributed by atoms with Gasteiger partial charge in [0.25, 0.3) is 0 Å². The van der Waals surface area contributed by atoms with Crippen LogP contribution in [0.4, 0.5) is 13.2 Å². The second kappa shape index (κ2) is 6.68. The van der Waals surface area contributed by atoms with E-state index in [1.165, 1.54) is 0 Å². The molecule has 96 valence electrons. The van der Waals surface area contributed by atoms with Gasteiger partial charge in [-0.25, -0.2) is 4.79 Å². The van der Waals surface area contributed by atoms with Crippen LogP contribution in [-0.2, 0) is 14.0 Å². The Morgan fingerprint density at radius 2 is 1.94 bits per heavy atom. The van der Waals surface area contributed by atoms with Crippen LogP contribution in [0.25, 0.3) is 0 Å². The molecule has 0 rings (SSSR count). The lowest BCUT2D eigenvalue weighted by molar-refractivity contribution is -0.199. The molecule has 0 heterocycles. The smallest absolute Gasteiger partial charge is 0.459 e. The summed E-state index contributed by atoms with van der Waals surface area (Å²) in [5, 5.41) is 0. The minimum absolute atomic E-state index is 0.140.